The number of ether oxygens (including phenoxy) is 1. The zero-order valence-electron chi connectivity index (χ0n) is 17.3. The van der Waals surface area contributed by atoms with E-state index in [1.807, 2.05) is 37.3 Å². The molecule has 0 spiro atoms. The van der Waals surface area contributed by atoms with E-state index in [2.05, 4.69) is 9.88 Å². The van der Waals surface area contributed by atoms with E-state index in [-0.39, 0.29) is 10.9 Å². The van der Waals surface area contributed by atoms with Gasteiger partial charge < -0.3 is 14.6 Å². The van der Waals surface area contributed by atoms with Crippen molar-refractivity contribution < 1.29 is 17.9 Å². The monoisotopic (exact) mass is 430 g/mol. The molecule has 1 atom stereocenters. The highest BCUT2D eigenvalue weighted by Gasteiger charge is 2.39. The minimum atomic E-state index is -4.61. The molecule has 3 aromatic rings. The second kappa shape index (κ2) is 8.38. The molecular formula is C24H25F3N2O2. The zero-order valence-corrected chi connectivity index (χ0v) is 17.3. The number of aromatic nitrogens is 1. The van der Waals surface area contributed by atoms with Gasteiger partial charge in [0.05, 0.1) is 12.2 Å². The Morgan fingerprint density at radius 1 is 1.10 bits per heavy atom. The Morgan fingerprint density at radius 2 is 1.87 bits per heavy atom. The van der Waals surface area contributed by atoms with E-state index < -0.39 is 23.0 Å². The normalized spacial score (nSPS) is 19.7. The number of pyridine rings is 1. The summed E-state index contributed by atoms with van der Waals surface area (Å²) in [6.45, 7) is 3.17. The fraction of sp³-hybridized carbons (Fsp3) is 0.375. The lowest BCUT2D eigenvalue weighted by Crippen LogP contribution is -2.53. The van der Waals surface area contributed by atoms with Crippen LogP contribution < -0.4 is 10.5 Å². The Kier molecular flexibility index (Phi) is 5.79. The third kappa shape index (κ3) is 4.32. The number of rotatable bonds is 5. The molecule has 1 fully saturated rings. The number of H-pyrrole nitrogens is 1. The minimum absolute atomic E-state index is 0.0109. The summed E-state index contributed by atoms with van der Waals surface area (Å²) in [5, 5.41) is -0.0109. The lowest BCUT2D eigenvalue weighted by molar-refractivity contribution is -0.136. The SMILES string of the molecule is CCC1(OCc2ccccc2)CCCCN1c1ccc2[nH]c(=O)cc(C(F)(F)F)c2c1. The minimum Gasteiger partial charge on any atom is -0.351 e. The average Bonchev–Trinajstić information content (AvgIpc) is 2.77. The predicted octanol–water partition coefficient (Wildman–Crippen LogP) is 5.86. The van der Waals surface area contributed by atoms with E-state index in [0.29, 0.717) is 31.3 Å². The molecule has 0 radical (unpaired) electrons. The molecule has 164 valence electrons. The van der Waals surface area contributed by atoms with Gasteiger partial charge in [0.1, 0.15) is 5.72 Å². The molecule has 1 saturated heterocycles. The molecule has 4 nitrogen and oxygen atoms in total. The van der Waals surface area contributed by atoms with Crippen molar-refractivity contribution in [3.8, 4) is 0 Å². The Balaban J connectivity index is 1.74. The summed E-state index contributed by atoms with van der Waals surface area (Å²) in [7, 11) is 0. The first-order valence-corrected chi connectivity index (χ1v) is 10.5. The van der Waals surface area contributed by atoms with Gasteiger partial charge in [0.2, 0.25) is 5.56 Å². The molecular weight excluding hydrogens is 405 g/mol. The number of piperidine rings is 1. The zero-order chi connectivity index (χ0) is 22.1. The highest BCUT2D eigenvalue weighted by atomic mass is 19.4. The number of anilines is 1. The number of nitrogens with zero attached hydrogens (tertiary/aromatic N) is 1. The van der Waals surface area contributed by atoms with Crippen LogP contribution in [0.5, 0.6) is 0 Å². The molecule has 2 heterocycles. The highest BCUT2D eigenvalue weighted by Crippen LogP contribution is 2.40. The number of aromatic amines is 1. The van der Waals surface area contributed by atoms with Gasteiger partial charge in [0.25, 0.3) is 0 Å². The smallest absolute Gasteiger partial charge is 0.351 e. The lowest BCUT2D eigenvalue weighted by atomic mass is 9.94. The van der Waals surface area contributed by atoms with E-state index in [1.165, 1.54) is 6.07 Å². The Morgan fingerprint density at radius 3 is 2.58 bits per heavy atom. The fourth-order valence-electron chi connectivity index (χ4n) is 4.43. The van der Waals surface area contributed by atoms with Crippen molar-refractivity contribution >= 4 is 16.6 Å². The maximum absolute atomic E-state index is 13.6. The van der Waals surface area contributed by atoms with E-state index in [4.69, 9.17) is 4.74 Å². The molecule has 7 heteroatoms. The molecule has 4 rings (SSSR count). The van der Waals surface area contributed by atoms with E-state index in [0.717, 1.165) is 24.8 Å². The van der Waals surface area contributed by atoms with Crippen LogP contribution in [0, 0.1) is 0 Å². The van der Waals surface area contributed by atoms with Gasteiger partial charge in [-0.1, -0.05) is 37.3 Å². The molecule has 0 amide bonds. The van der Waals surface area contributed by atoms with Gasteiger partial charge >= 0.3 is 6.18 Å². The maximum Gasteiger partial charge on any atom is 0.417 e. The van der Waals surface area contributed by atoms with Crippen LogP contribution in [0.1, 0.15) is 43.7 Å². The van der Waals surface area contributed by atoms with Crippen LogP contribution in [0.3, 0.4) is 0 Å². The first-order chi connectivity index (χ1) is 14.8. The van der Waals surface area contributed by atoms with Gasteiger partial charge in [-0.05, 0) is 49.4 Å². The van der Waals surface area contributed by atoms with Crippen molar-refractivity contribution in [2.24, 2.45) is 0 Å². The van der Waals surface area contributed by atoms with Crippen LogP contribution in [0.4, 0.5) is 18.9 Å². The molecule has 1 aliphatic heterocycles. The van der Waals surface area contributed by atoms with Crippen molar-refractivity contribution in [2.45, 2.75) is 51.1 Å². The summed E-state index contributed by atoms with van der Waals surface area (Å²) in [6, 6.07) is 15.3. The molecule has 0 saturated carbocycles. The topological polar surface area (TPSA) is 45.3 Å². The molecule has 2 aromatic carbocycles. The molecule has 1 unspecified atom stereocenters. The summed E-state index contributed by atoms with van der Waals surface area (Å²) < 4.78 is 47.3. The molecule has 0 bridgehead atoms. The van der Waals surface area contributed by atoms with Gasteiger partial charge in [0.15, 0.2) is 0 Å². The average molecular weight is 430 g/mol. The first kappa shape index (κ1) is 21.4. The van der Waals surface area contributed by atoms with Crippen LogP contribution in [0.25, 0.3) is 10.9 Å². The Labute approximate surface area is 178 Å². The third-order valence-electron chi connectivity index (χ3n) is 6.04. The van der Waals surface area contributed by atoms with Crippen molar-refractivity contribution in [1.82, 2.24) is 4.98 Å². The first-order valence-electron chi connectivity index (χ1n) is 10.5. The van der Waals surface area contributed by atoms with Crippen LogP contribution >= 0.6 is 0 Å². The van der Waals surface area contributed by atoms with E-state index >= 15 is 0 Å². The van der Waals surface area contributed by atoms with Gasteiger partial charge in [0, 0.05) is 29.2 Å². The molecule has 1 N–H and O–H groups in total. The van der Waals surface area contributed by atoms with Crippen molar-refractivity contribution in [3.63, 3.8) is 0 Å². The van der Waals surface area contributed by atoms with E-state index in [9.17, 15) is 18.0 Å². The molecule has 0 aliphatic carbocycles. The largest absolute Gasteiger partial charge is 0.417 e. The van der Waals surface area contributed by atoms with Gasteiger partial charge in [-0.2, -0.15) is 13.2 Å². The summed E-state index contributed by atoms with van der Waals surface area (Å²) in [5.74, 6) is 0. The number of nitrogens with one attached hydrogen (secondary N) is 1. The van der Waals surface area contributed by atoms with Crippen LogP contribution in [0.15, 0.2) is 59.4 Å². The summed E-state index contributed by atoms with van der Waals surface area (Å²) in [5.41, 5.74) is -0.386. The van der Waals surface area contributed by atoms with Crippen molar-refractivity contribution in [3.05, 3.63) is 76.1 Å². The Hall–Kier alpha value is -2.80. The Bertz CT molecular complexity index is 1110. The third-order valence-corrected chi connectivity index (χ3v) is 6.04. The number of hydrogen-bond donors (Lipinski definition) is 1. The number of fused-ring (bicyclic) bond motifs is 1. The van der Waals surface area contributed by atoms with Crippen LogP contribution in [0.2, 0.25) is 0 Å². The second-order valence-corrected chi connectivity index (χ2v) is 7.96. The van der Waals surface area contributed by atoms with Gasteiger partial charge in [-0.15, -0.1) is 0 Å². The van der Waals surface area contributed by atoms with E-state index in [1.54, 1.807) is 12.1 Å². The molecule has 1 aliphatic rings. The molecule has 31 heavy (non-hydrogen) atoms. The van der Waals surface area contributed by atoms with Crippen LogP contribution in [-0.2, 0) is 17.5 Å². The highest BCUT2D eigenvalue weighted by molar-refractivity contribution is 5.86. The number of hydrogen-bond acceptors (Lipinski definition) is 3. The second-order valence-electron chi connectivity index (χ2n) is 7.96. The molecule has 1 aromatic heterocycles. The predicted molar refractivity (Wildman–Crippen MR) is 115 cm³/mol. The standard InChI is InChI=1S/C24H25F3N2O2/c1-2-23(31-16-17-8-4-3-5-9-17)12-6-7-13-29(23)18-10-11-21-19(14-18)20(24(25,26)27)15-22(30)28-21/h3-5,8-11,14-15H,2,6-7,12-13,16H2,1H3,(H,28,30). The van der Waals surface area contributed by atoms with Crippen LogP contribution in [-0.4, -0.2) is 17.3 Å². The van der Waals surface area contributed by atoms with Crippen molar-refractivity contribution in [1.29, 1.82) is 0 Å². The quantitative estimate of drug-likeness (QED) is 0.551. The number of alkyl halides is 3. The summed E-state index contributed by atoms with van der Waals surface area (Å²) in [6.07, 6.45) is -1.18. The number of benzene rings is 2. The number of halogens is 3. The summed E-state index contributed by atoms with van der Waals surface area (Å²) in [4.78, 5) is 16.3. The van der Waals surface area contributed by atoms with Crippen molar-refractivity contribution in [2.75, 3.05) is 11.4 Å². The van der Waals surface area contributed by atoms with Gasteiger partial charge in [-0.3, -0.25) is 4.79 Å². The lowest BCUT2D eigenvalue weighted by Gasteiger charge is -2.48. The van der Waals surface area contributed by atoms with Gasteiger partial charge in [-0.25, -0.2) is 0 Å². The fourth-order valence-corrected chi connectivity index (χ4v) is 4.43. The summed E-state index contributed by atoms with van der Waals surface area (Å²) >= 11 is 0. The maximum atomic E-state index is 13.6.